The molecule has 0 spiro atoms. The molecule has 6 unspecified atom stereocenters. The number of rotatable bonds is 8. The summed E-state index contributed by atoms with van der Waals surface area (Å²) < 4.78 is 10.6. The van der Waals surface area contributed by atoms with Gasteiger partial charge in [-0.15, -0.1) is 0 Å². The fourth-order valence-corrected chi connectivity index (χ4v) is 5.94. The molecule has 3 aliphatic carbocycles. The molecule has 0 radical (unpaired) electrons. The van der Waals surface area contributed by atoms with Crippen LogP contribution in [-0.2, 0) is 19.1 Å². The molecule has 0 saturated heterocycles. The van der Waals surface area contributed by atoms with Crippen LogP contribution in [0.2, 0.25) is 0 Å². The Morgan fingerprint density at radius 3 is 2.00 bits per heavy atom. The molecular weight excluding hydrogens is 328 g/mol. The van der Waals surface area contributed by atoms with E-state index in [-0.39, 0.29) is 11.9 Å². The number of fused-ring (bicyclic) bond motifs is 5. The number of carbonyl (C=O) groups is 2. The van der Waals surface area contributed by atoms with Gasteiger partial charge in [-0.3, -0.25) is 0 Å². The van der Waals surface area contributed by atoms with Crippen molar-refractivity contribution in [2.24, 2.45) is 35.5 Å². The molecule has 4 heteroatoms. The maximum Gasteiger partial charge on any atom is 0.333 e. The van der Waals surface area contributed by atoms with E-state index in [2.05, 4.69) is 13.2 Å². The average Bonchev–Trinajstić information content (AvgIpc) is 3.26. The quantitative estimate of drug-likeness (QED) is 0.478. The van der Waals surface area contributed by atoms with Gasteiger partial charge in [-0.2, -0.15) is 0 Å². The molecular formula is C22H32O4. The summed E-state index contributed by atoms with van der Waals surface area (Å²) in [7, 11) is 0. The third-order valence-electron chi connectivity index (χ3n) is 6.93. The van der Waals surface area contributed by atoms with Gasteiger partial charge in [0.25, 0.3) is 0 Å². The van der Waals surface area contributed by atoms with E-state index in [4.69, 9.17) is 9.47 Å². The lowest BCUT2D eigenvalue weighted by Gasteiger charge is -2.34. The van der Waals surface area contributed by atoms with Crippen molar-refractivity contribution in [2.45, 2.75) is 52.4 Å². The standard InChI is InChI=1S/C22H32O4/c1-13(2)21(23)25-9-7-15-5-6-18-19-12-17(20(15)18)11-16(19)8-10-26-22(24)14(3)4/h15-20H,1,3,5-12H2,2,4H3. The molecule has 3 fully saturated rings. The second-order valence-corrected chi connectivity index (χ2v) is 8.64. The zero-order valence-corrected chi connectivity index (χ0v) is 16.2. The molecule has 3 rings (SSSR count). The van der Waals surface area contributed by atoms with E-state index in [1.165, 1.54) is 25.7 Å². The van der Waals surface area contributed by atoms with Gasteiger partial charge in [0, 0.05) is 11.1 Å². The van der Waals surface area contributed by atoms with Crippen molar-refractivity contribution < 1.29 is 19.1 Å². The van der Waals surface area contributed by atoms with Crippen molar-refractivity contribution in [3.05, 3.63) is 24.3 Å². The number of hydrogen-bond acceptors (Lipinski definition) is 4. The zero-order valence-electron chi connectivity index (χ0n) is 16.2. The molecule has 0 heterocycles. The van der Waals surface area contributed by atoms with Crippen LogP contribution in [0.5, 0.6) is 0 Å². The Hall–Kier alpha value is -1.58. The van der Waals surface area contributed by atoms with E-state index in [9.17, 15) is 9.59 Å². The second-order valence-electron chi connectivity index (χ2n) is 8.64. The molecule has 0 aromatic rings. The van der Waals surface area contributed by atoms with Crippen molar-refractivity contribution >= 4 is 11.9 Å². The Morgan fingerprint density at radius 2 is 1.42 bits per heavy atom. The number of esters is 2. The summed E-state index contributed by atoms with van der Waals surface area (Å²) in [4.78, 5) is 23.1. The minimum Gasteiger partial charge on any atom is -0.462 e. The normalized spacial score (nSPS) is 34.4. The molecule has 6 atom stereocenters. The summed E-state index contributed by atoms with van der Waals surface area (Å²) in [6.07, 6.45) is 7.18. The highest BCUT2D eigenvalue weighted by Crippen LogP contribution is 2.63. The van der Waals surface area contributed by atoms with Gasteiger partial charge in [0.2, 0.25) is 0 Å². The second kappa shape index (κ2) is 7.98. The SMILES string of the molecule is C=C(C)C(=O)OCCC1CC2CC1C1CCC(CCOC(=O)C(=C)C)C21. The molecule has 0 aromatic heterocycles. The third-order valence-corrected chi connectivity index (χ3v) is 6.93. The Morgan fingerprint density at radius 1 is 0.846 bits per heavy atom. The Kier molecular flexibility index (Phi) is 5.89. The first-order valence-corrected chi connectivity index (χ1v) is 10.0. The van der Waals surface area contributed by atoms with Crippen LogP contribution in [0, 0.1) is 35.5 Å². The van der Waals surface area contributed by atoms with E-state index in [0.29, 0.717) is 36.2 Å². The van der Waals surface area contributed by atoms with Crippen molar-refractivity contribution in [1.82, 2.24) is 0 Å². The molecule has 0 N–H and O–H groups in total. The highest BCUT2D eigenvalue weighted by molar-refractivity contribution is 5.87. The van der Waals surface area contributed by atoms with Crippen LogP contribution in [0.25, 0.3) is 0 Å². The van der Waals surface area contributed by atoms with Crippen molar-refractivity contribution in [1.29, 1.82) is 0 Å². The van der Waals surface area contributed by atoms with Gasteiger partial charge in [0.1, 0.15) is 0 Å². The molecule has 3 aliphatic rings. The highest BCUT2D eigenvalue weighted by Gasteiger charge is 2.56. The molecule has 3 saturated carbocycles. The van der Waals surface area contributed by atoms with Crippen LogP contribution >= 0.6 is 0 Å². The highest BCUT2D eigenvalue weighted by atomic mass is 16.5. The van der Waals surface area contributed by atoms with Crippen molar-refractivity contribution in [2.75, 3.05) is 13.2 Å². The van der Waals surface area contributed by atoms with Crippen LogP contribution in [0.15, 0.2) is 24.3 Å². The average molecular weight is 360 g/mol. The Balaban J connectivity index is 1.44. The summed E-state index contributed by atoms with van der Waals surface area (Å²) in [5.41, 5.74) is 0.952. The summed E-state index contributed by atoms with van der Waals surface area (Å²) in [5, 5.41) is 0. The van der Waals surface area contributed by atoms with Crippen LogP contribution in [-0.4, -0.2) is 25.2 Å². The zero-order chi connectivity index (χ0) is 18.8. The monoisotopic (exact) mass is 360 g/mol. The van der Waals surface area contributed by atoms with E-state index in [1.807, 2.05) is 0 Å². The predicted molar refractivity (Wildman–Crippen MR) is 100 cm³/mol. The molecule has 0 aliphatic heterocycles. The van der Waals surface area contributed by atoms with Crippen molar-refractivity contribution in [3.8, 4) is 0 Å². The number of ether oxygens (including phenoxy) is 2. The van der Waals surface area contributed by atoms with Crippen LogP contribution in [0.1, 0.15) is 52.4 Å². The van der Waals surface area contributed by atoms with Gasteiger partial charge >= 0.3 is 11.9 Å². The lowest BCUT2D eigenvalue weighted by atomic mass is 9.72. The lowest BCUT2D eigenvalue weighted by Crippen LogP contribution is -2.29. The number of carbonyl (C=O) groups excluding carboxylic acids is 2. The van der Waals surface area contributed by atoms with Gasteiger partial charge in [-0.05, 0) is 87.9 Å². The molecule has 0 aromatic carbocycles. The maximum atomic E-state index is 11.5. The number of hydrogen-bond donors (Lipinski definition) is 0. The van der Waals surface area contributed by atoms with E-state index in [0.717, 1.165) is 36.5 Å². The van der Waals surface area contributed by atoms with Gasteiger partial charge in [-0.1, -0.05) is 13.2 Å². The minimum absolute atomic E-state index is 0.267. The predicted octanol–water partition coefficient (Wildman–Crippen LogP) is 4.30. The first kappa shape index (κ1) is 19.2. The van der Waals surface area contributed by atoms with Gasteiger partial charge in [-0.25, -0.2) is 9.59 Å². The van der Waals surface area contributed by atoms with Crippen LogP contribution in [0.3, 0.4) is 0 Å². The molecule has 2 bridgehead atoms. The van der Waals surface area contributed by atoms with Crippen molar-refractivity contribution in [3.63, 3.8) is 0 Å². The topological polar surface area (TPSA) is 52.6 Å². The summed E-state index contributed by atoms with van der Waals surface area (Å²) in [6, 6.07) is 0. The smallest absolute Gasteiger partial charge is 0.333 e. The fraction of sp³-hybridized carbons (Fsp3) is 0.727. The lowest BCUT2D eigenvalue weighted by molar-refractivity contribution is -0.140. The van der Waals surface area contributed by atoms with Gasteiger partial charge in [0.15, 0.2) is 0 Å². The van der Waals surface area contributed by atoms with Gasteiger partial charge in [0.05, 0.1) is 13.2 Å². The minimum atomic E-state index is -0.267. The van der Waals surface area contributed by atoms with E-state index >= 15 is 0 Å². The summed E-state index contributed by atoms with van der Waals surface area (Å²) in [6.45, 7) is 11.7. The molecule has 0 amide bonds. The van der Waals surface area contributed by atoms with Gasteiger partial charge < -0.3 is 9.47 Å². The Bertz CT molecular complexity index is 593. The summed E-state index contributed by atoms with van der Waals surface area (Å²) >= 11 is 0. The largest absolute Gasteiger partial charge is 0.462 e. The van der Waals surface area contributed by atoms with Crippen LogP contribution in [0.4, 0.5) is 0 Å². The maximum absolute atomic E-state index is 11.5. The summed E-state index contributed by atoms with van der Waals surface area (Å²) in [5.74, 6) is 4.14. The molecule has 26 heavy (non-hydrogen) atoms. The van der Waals surface area contributed by atoms with E-state index in [1.54, 1.807) is 13.8 Å². The third kappa shape index (κ3) is 3.89. The fourth-order valence-electron chi connectivity index (χ4n) is 5.94. The molecule has 4 nitrogen and oxygen atoms in total. The van der Waals surface area contributed by atoms with E-state index < -0.39 is 0 Å². The molecule has 144 valence electrons. The van der Waals surface area contributed by atoms with Crippen LogP contribution < -0.4 is 0 Å². The Labute approximate surface area is 157 Å². The first-order valence-electron chi connectivity index (χ1n) is 10.0. The first-order chi connectivity index (χ1) is 12.4.